The van der Waals surface area contributed by atoms with Crippen LogP contribution in [-0.4, -0.2) is 13.9 Å². The average molecular weight is 177 g/mol. The summed E-state index contributed by atoms with van der Waals surface area (Å²) in [5, 5.41) is 9.38. The van der Waals surface area contributed by atoms with Gasteiger partial charge in [-0.3, -0.25) is 0 Å². The number of rotatable bonds is 2. The minimum atomic E-state index is -0.340. The molecule has 0 saturated heterocycles. The fraction of sp³-hybridized carbons (Fsp3) is 0.200. The fourth-order valence-corrected chi connectivity index (χ4v) is 1.40. The maximum atomic E-state index is 9.38. The predicted molar refractivity (Wildman–Crippen MR) is 54.6 cm³/mol. The van der Waals surface area contributed by atoms with Crippen LogP contribution in [-0.2, 0) is 0 Å². The number of para-hydroxylation sites is 1. The van der Waals surface area contributed by atoms with Gasteiger partial charge in [0.2, 0.25) is 0 Å². The molecule has 0 aliphatic heterocycles. The van der Waals surface area contributed by atoms with Gasteiger partial charge in [0.15, 0.2) is 0 Å². The van der Waals surface area contributed by atoms with Crippen molar-refractivity contribution >= 4 is 14.9 Å². The summed E-state index contributed by atoms with van der Waals surface area (Å²) in [6.45, 7) is 4.42. The third-order valence-electron chi connectivity index (χ3n) is 1.53. The topological polar surface area (TPSA) is 20.2 Å². The van der Waals surface area contributed by atoms with Crippen molar-refractivity contribution in [2.75, 3.05) is 0 Å². The average Bonchev–Trinajstić information content (AvgIpc) is 2.03. The zero-order chi connectivity index (χ0) is 8.97. The number of phenolic OH excluding ortho intramolecular Hbond substituents is 1. The molecule has 0 aliphatic rings. The number of hydrogen-bond acceptors (Lipinski definition) is 1. The molecular weight excluding hydrogens is 164 g/mol. The zero-order valence-electron chi connectivity index (χ0n) is 7.41. The molecule has 0 atom stereocenters. The van der Waals surface area contributed by atoms with Crippen LogP contribution in [0.4, 0.5) is 0 Å². The minimum Gasteiger partial charge on any atom is -0.507 e. The summed E-state index contributed by atoms with van der Waals surface area (Å²) in [5.41, 5.74) is 3.07. The Balaban J connectivity index is 2.82. The molecule has 1 N–H and O–H groups in total. The lowest BCUT2D eigenvalue weighted by atomic mass is 10.2. The van der Waals surface area contributed by atoms with Gasteiger partial charge >= 0.3 is 0 Å². The second-order valence-electron chi connectivity index (χ2n) is 2.97. The van der Waals surface area contributed by atoms with Crippen molar-refractivity contribution in [1.29, 1.82) is 0 Å². The molecule has 0 fully saturated rings. The van der Waals surface area contributed by atoms with Gasteiger partial charge in [-0.25, -0.2) is 0 Å². The van der Waals surface area contributed by atoms with Crippen LogP contribution in [0.2, 0.25) is 13.1 Å². The first kappa shape index (κ1) is 9.07. The molecule has 0 heterocycles. The number of phenols is 1. The molecule has 0 saturated carbocycles. The Morgan fingerprint density at radius 2 is 1.92 bits per heavy atom. The Hall–Kier alpha value is -1.02. The second-order valence-corrected chi connectivity index (χ2v) is 5.46. The smallest absolute Gasteiger partial charge is 0.122 e. The molecule has 1 aromatic carbocycles. The highest BCUT2D eigenvalue weighted by Crippen LogP contribution is 2.16. The molecule has 12 heavy (non-hydrogen) atoms. The number of hydrogen-bond donors (Lipinski definition) is 1. The van der Waals surface area contributed by atoms with Gasteiger partial charge in [0.25, 0.3) is 0 Å². The summed E-state index contributed by atoms with van der Waals surface area (Å²) in [6.07, 6.45) is 1.99. The van der Waals surface area contributed by atoms with Crippen molar-refractivity contribution in [3.05, 3.63) is 35.5 Å². The normalized spacial score (nSPS) is 11.2. The molecule has 1 rings (SSSR count). The summed E-state index contributed by atoms with van der Waals surface area (Å²) >= 11 is 0. The molecule has 1 aromatic rings. The van der Waals surface area contributed by atoms with Crippen LogP contribution in [0.25, 0.3) is 6.08 Å². The van der Waals surface area contributed by atoms with E-state index in [-0.39, 0.29) is 8.80 Å². The first-order valence-electron chi connectivity index (χ1n) is 3.96. The lowest BCUT2D eigenvalue weighted by Gasteiger charge is -1.97. The summed E-state index contributed by atoms with van der Waals surface area (Å²) in [6, 6.07) is 7.38. The predicted octanol–water partition coefficient (Wildman–Crippen LogP) is 2.70. The van der Waals surface area contributed by atoms with Crippen LogP contribution in [0.1, 0.15) is 5.56 Å². The minimum absolute atomic E-state index is 0.340. The monoisotopic (exact) mass is 177 g/mol. The first-order valence-corrected chi connectivity index (χ1v) is 6.54. The summed E-state index contributed by atoms with van der Waals surface area (Å²) < 4.78 is 0. The highest BCUT2D eigenvalue weighted by atomic mass is 28.3. The Bertz CT molecular complexity index is 279. The Kier molecular flexibility index (Phi) is 3.11. The summed E-state index contributed by atoms with van der Waals surface area (Å²) in [7, 11) is -0.340. The molecule has 0 unspecified atom stereocenters. The van der Waals surface area contributed by atoms with Gasteiger partial charge in [-0.1, -0.05) is 43.1 Å². The molecule has 1 nitrogen and oxygen atoms in total. The van der Waals surface area contributed by atoms with E-state index in [9.17, 15) is 5.11 Å². The molecule has 0 aliphatic carbocycles. The molecule has 63 valence electrons. The van der Waals surface area contributed by atoms with Gasteiger partial charge in [-0.05, 0) is 6.07 Å². The van der Waals surface area contributed by atoms with Gasteiger partial charge in [0, 0.05) is 5.56 Å². The van der Waals surface area contributed by atoms with Gasteiger partial charge in [-0.2, -0.15) is 0 Å². The molecule has 0 bridgehead atoms. The fourth-order valence-electron chi connectivity index (χ4n) is 0.885. The third kappa shape index (κ3) is 2.55. The van der Waals surface area contributed by atoms with Crippen molar-refractivity contribution < 1.29 is 5.11 Å². The van der Waals surface area contributed by atoms with Crippen LogP contribution in [0.15, 0.2) is 30.0 Å². The lowest BCUT2D eigenvalue weighted by Crippen LogP contribution is -1.91. The number of benzene rings is 1. The maximum Gasteiger partial charge on any atom is 0.122 e. The van der Waals surface area contributed by atoms with E-state index in [0.717, 1.165) is 5.56 Å². The SMILES string of the molecule is C[Si](C)C=Cc1ccccc1O. The van der Waals surface area contributed by atoms with Crippen LogP contribution in [0.5, 0.6) is 5.75 Å². The Labute approximate surface area is 75.0 Å². The highest BCUT2D eigenvalue weighted by molar-refractivity contribution is 6.62. The molecule has 0 amide bonds. The van der Waals surface area contributed by atoms with Crippen LogP contribution < -0.4 is 0 Å². The van der Waals surface area contributed by atoms with Crippen molar-refractivity contribution in [2.45, 2.75) is 13.1 Å². The van der Waals surface area contributed by atoms with Gasteiger partial charge in [0.05, 0.1) is 8.80 Å². The second kappa shape index (κ2) is 4.12. The highest BCUT2D eigenvalue weighted by Gasteiger charge is 1.94. The molecule has 0 aromatic heterocycles. The largest absolute Gasteiger partial charge is 0.507 e. The lowest BCUT2D eigenvalue weighted by molar-refractivity contribution is 0.474. The molecular formula is C10H13OSi. The van der Waals surface area contributed by atoms with E-state index in [0.29, 0.717) is 5.75 Å². The van der Waals surface area contributed by atoms with E-state index in [1.54, 1.807) is 6.07 Å². The van der Waals surface area contributed by atoms with Crippen LogP contribution in [0, 0.1) is 0 Å². The van der Waals surface area contributed by atoms with Crippen LogP contribution >= 0.6 is 0 Å². The van der Waals surface area contributed by atoms with Gasteiger partial charge in [0.1, 0.15) is 5.75 Å². The summed E-state index contributed by atoms with van der Waals surface area (Å²) in [4.78, 5) is 0. The quantitative estimate of drug-likeness (QED) is 0.689. The number of aromatic hydroxyl groups is 1. The van der Waals surface area contributed by atoms with E-state index in [1.807, 2.05) is 24.3 Å². The van der Waals surface area contributed by atoms with Gasteiger partial charge in [-0.15, -0.1) is 0 Å². The van der Waals surface area contributed by atoms with Crippen LogP contribution in [0.3, 0.4) is 0 Å². The first-order chi connectivity index (χ1) is 5.70. The maximum absolute atomic E-state index is 9.38. The molecule has 0 spiro atoms. The van der Waals surface area contributed by atoms with E-state index in [2.05, 4.69) is 18.8 Å². The van der Waals surface area contributed by atoms with Crippen molar-refractivity contribution in [3.63, 3.8) is 0 Å². The summed E-state index contributed by atoms with van der Waals surface area (Å²) in [5.74, 6) is 0.358. The zero-order valence-corrected chi connectivity index (χ0v) is 8.41. The van der Waals surface area contributed by atoms with E-state index in [4.69, 9.17) is 0 Å². The van der Waals surface area contributed by atoms with E-state index >= 15 is 0 Å². The van der Waals surface area contributed by atoms with Crippen molar-refractivity contribution in [2.24, 2.45) is 0 Å². The Morgan fingerprint density at radius 3 is 2.50 bits per heavy atom. The van der Waals surface area contributed by atoms with Gasteiger partial charge < -0.3 is 5.11 Å². The standard InChI is InChI=1S/C10H13OSi/c1-12(2)8-7-9-5-3-4-6-10(9)11/h3-8,11H,1-2H3. The Morgan fingerprint density at radius 1 is 1.25 bits per heavy atom. The van der Waals surface area contributed by atoms with E-state index in [1.165, 1.54) is 0 Å². The third-order valence-corrected chi connectivity index (χ3v) is 2.37. The van der Waals surface area contributed by atoms with Crippen molar-refractivity contribution in [3.8, 4) is 5.75 Å². The molecule has 2 heteroatoms. The van der Waals surface area contributed by atoms with Crippen molar-refractivity contribution in [1.82, 2.24) is 0 Å². The molecule has 1 radical (unpaired) electrons. The van der Waals surface area contributed by atoms with E-state index < -0.39 is 0 Å².